The van der Waals surface area contributed by atoms with Crippen LogP contribution in [-0.4, -0.2) is 36.3 Å². The van der Waals surface area contributed by atoms with Crippen LogP contribution in [0.3, 0.4) is 0 Å². The Morgan fingerprint density at radius 3 is 2.88 bits per heavy atom. The van der Waals surface area contributed by atoms with E-state index in [0.717, 1.165) is 26.0 Å². The van der Waals surface area contributed by atoms with Crippen LogP contribution in [0.1, 0.15) is 26.7 Å². The molecule has 96 valence electrons. The topological polar surface area (TPSA) is 56.3 Å². The van der Waals surface area contributed by atoms with Gasteiger partial charge in [0.2, 0.25) is 11.8 Å². The van der Waals surface area contributed by atoms with Crippen LogP contribution >= 0.6 is 0 Å². The highest BCUT2D eigenvalue weighted by atomic mass is 16.5. The fourth-order valence-corrected chi connectivity index (χ4v) is 1.29. The van der Waals surface area contributed by atoms with Gasteiger partial charge >= 0.3 is 0 Å². The number of methoxy groups -OCH3 is 1. The van der Waals surface area contributed by atoms with Gasteiger partial charge in [-0.2, -0.15) is 4.98 Å². The van der Waals surface area contributed by atoms with Crippen molar-refractivity contribution in [1.82, 2.24) is 9.97 Å². The molecule has 5 nitrogen and oxygen atoms in total. The summed E-state index contributed by atoms with van der Waals surface area (Å²) >= 11 is 0. The standard InChI is InChI=1S/C12H21N3O2/c1-10(2)17-9-5-4-7-13-12-14-8-6-11(15-12)16-3/h6,8,10H,4-5,7,9H2,1-3H3,(H,13,14,15). The van der Waals surface area contributed by atoms with Crippen LogP contribution < -0.4 is 10.1 Å². The van der Waals surface area contributed by atoms with E-state index < -0.39 is 0 Å². The summed E-state index contributed by atoms with van der Waals surface area (Å²) in [6, 6.07) is 1.72. The van der Waals surface area contributed by atoms with Gasteiger partial charge < -0.3 is 14.8 Å². The lowest BCUT2D eigenvalue weighted by Gasteiger charge is -2.08. The van der Waals surface area contributed by atoms with Gasteiger partial charge in [-0.25, -0.2) is 4.98 Å². The van der Waals surface area contributed by atoms with Crippen LogP contribution in [0.15, 0.2) is 12.3 Å². The minimum Gasteiger partial charge on any atom is -0.481 e. The highest BCUT2D eigenvalue weighted by molar-refractivity contribution is 5.26. The molecule has 1 N–H and O–H groups in total. The van der Waals surface area contributed by atoms with Crippen molar-refractivity contribution < 1.29 is 9.47 Å². The summed E-state index contributed by atoms with van der Waals surface area (Å²) in [5.74, 6) is 1.18. The maximum absolute atomic E-state index is 5.45. The first-order valence-corrected chi connectivity index (χ1v) is 5.95. The average Bonchev–Trinajstić information content (AvgIpc) is 2.33. The van der Waals surface area contributed by atoms with Gasteiger partial charge in [0.1, 0.15) is 0 Å². The molecule has 1 heterocycles. The van der Waals surface area contributed by atoms with Gasteiger partial charge in [0.15, 0.2) is 0 Å². The van der Waals surface area contributed by atoms with Crippen LogP contribution in [-0.2, 0) is 4.74 Å². The molecule has 0 aromatic carbocycles. The maximum Gasteiger partial charge on any atom is 0.225 e. The lowest BCUT2D eigenvalue weighted by atomic mass is 10.3. The van der Waals surface area contributed by atoms with Crippen LogP contribution in [0, 0.1) is 0 Å². The van der Waals surface area contributed by atoms with Crippen molar-refractivity contribution in [2.45, 2.75) is 32.8 Å². The van der Waals surface area contributed by atoms with Crippen molar-refractivity contribution in [2.24, 2.45) is 0 Å². The largest absolute Gasteiger partial charge is 0.481 e. The molecule has 5 heteroatoms. The van der Waals surface area contributed by atoms with E-state index in [2.05, 4.69) is 15.3 Å². The normalized spacial score (nSPS) is 10.6. The second kappa shape index (κ2) is 7.84. The number of ether oxygens (including phenoxy) is 2. The molecule has 0 aliphatic rings. The van der Waals surface area contributed by atoms with E-state index in [1.807, 2.05) is 13.8 Å². The van der Waals surface area contributed by atoms with Crippen LogP contribution in [0.25, 0.3) is 0 Å². The number of anilines is 1. The van der Waals surface area contributed by atoms with Gasteiger partial charge in [0.05, 0.1) is 13.2 Å². The molecular weight excluding hydrogens is 218 g/mol. The Hall–Kier alpha value is -1.36. The molecule has 0 atom stereocenters. The molecule has 0 spiro atoms. The van der Waals surface area contributed by atoms with E-state index in [1.165, 1.54) is 0 Å². The molecule has 0 aliphatic heterocycles. The van der Waals surface area contributed by atoms with Crippen molar-refractivity contribution in [3.8, 4) is 5.88 Å². The van der Waals surface area contributed by atoms with E-state index in [1.54, 1.807) is 19.4 Å². The minimum absolute atomic E-state index is 0.310. The number of nitrogens with one attached hydrogen (secondary N) is 1. The van der Waals surface area contributed by atoms with E-state index in [0.29, 0.717) is 17.9 Å². The molecule has 0 saturated heterocycles. The lowest BCUT2D eigenvalue weighted by Crippen LogP contribution is -2.08. The molecule has 0 fully saturated rings. The summed E-state index contributed by atoms with van der Waals surface area (Å²) in [7, 11) is 1.59. The second-order valence-electron chi connectivity index (χ2n) is 3.98. The first kappa shape index (κ1) is 13.7. The highest BCUT2D eigenvalue weighted by Crippen LogP contribution is 2.07. The number of hydrogen-bond donors (Lipinski definition) is 1. The van der Waals surface area contributed by atoms with Gasteiger partial charge in [0, 0.05) is 25.4 Å². The molecule has 0 unspecified atom stereocenters. The van der Waals surface area contributed by atoms with Crippen molar-refractivity contribution >= 4 is 5.95 Å². The van der Waals surface area contributed by atoms with Crippen molar-refractivity contribution in [3.63, 3.8) is 0 Å². The third-order valence-electron chi connectivity index (χ3n) is 2.14. The smallest absolute Gasteiger partial charge is 0.225 e. The van der Waals surface area contributed by atoms with Crippen molar-refractivity contribution in [3.05, 3.63) is 12.3 Å². The van der Waals surface area contributed by atoms with Crippen LogP contribution in [0.5, 0.6) is 5.88 Å². The second-order valence-corrected chi connectivity index (χ2v) is 3.98. The van der Waals surface area contributed by atoms with Crippen LogP contribution in [0.4, 0.5) is 5.95 Å². The maximum atomic E-state index is 5.45. The molecule has 0 radical (unpaired) electrons. The van der Waals surface area contributed by atoms with Gasteiger partial charge in [-0.05, 0) is 26.7 Å². The molecule has 0 bridgehead atoms. The Morgan fingerprint density at radius 2 is 2.18 bits per heavy atom. The van der Waals surface area contributed by atoms with Gasteiger partial charge in [-0.3, -0.25) is 0 Å². The first-order valence-electron chi connectivity index (χ1n) is 5.95. The Balaban J connectivity index is 2.13. The zero-order chi connectivity index (χ0) is 12.5. The molecular formula is C12H21N3O2. The summed E-state index contributed by atoms with van der Waals surface area (Å²) in [6.45, 7) is 5.73. The molecule has 0 saturated carbocycles. The Kier molecular flexibility index (Phi) is 6.32. The number of unbranched alkanes of at least 4 members (excludes halogenated alkanes) is 1. The third kappa shape index (κ3) is 6.06. The van der Waals surface area contributed by atoms with E-state index in [-0.39, 0.29) is 0 Å². The van der Waals surface area contributed by atoms with Gasteiger partial charge in [0.25, 0.3) is 0 Å². The lowest BCUT2D eigenvalue weighted by molar-refractivity contribution is 0.0765. The third-order valence-corrected chi connectivity index (χ3v) is 2.14. The highest BCUT2D eigenvalue weighted by Gasteiger charge is 1.98. The SMILES string of the molecule is COc1ccnc(NCCCCOC(C)C)n1. The predicted octanol–water partition coefficient (Wildman–Crippen LogP) is 2.10. The molecule has 1 aromatic heterocycles. The Morgan fingerprint density at radius 1 is 1.35 bits per heavy atom. The molecule has 1 aromatic rings. The minimum atomic E-state index is 0.310. The number of hydrogen-bond acceptors (Lipinski definition) is 5. The Labute approximate surface area is 103 Å². The van der Waals surface area contributed by atoms with Gasteiger partial charge in [-0.15, -0.1) is 0 Å². The van der Waals surface area contributed by atoms with Gasteiger partial charge in [-0.1, -0.05) is 0 Å². The number of aromatic nitrogens is 2. The van der Waals surface area contributed by atoms with E-state index >= 15 is 0 Å². The Bertz CT molecular complexity index is 318. The summed E-state index contributed by atoms with van der Waals surface area (Å²) < 4.78 is 10.5. The summed E-state index contributed by atoms with van der Waals surface area (Å²) in [4.78, 5) is 8.26. The van der Waals surface area contributed by atoms with Crippen LogP contribution in [0.2, 0.25) is 0 Å². The summed E-state index contributed by atoms with van der Waals surface area (Å²) in [5, 5.41) is 3.15. The van der Waals surface area contributed by atoms with E-state index in [4.69, 9.17) is 9.47 Å². The van der Waals surface area contributed by atoms with E-state index in [9.17, 15) is 0 Å². The van der Waals surface area contributed by atoms with Crippen molar-refractivity contribution in [2.75, 3.05) is 25.6 Å². The quantitative estimate of drug-likeness (QED) is 0.704. The molecule has 1 rings (SSSR count). The fourth-order valence-electron chi connectivity index (χ4n) is 1.29. The van der Waals surface area contributed by atoms with Crippen molar-refractivity contribution in [1.29, 1.82) is 0 Å². The number of nitrogens with zero attached hydrogens (tertiary/aromatic N) is 2. The number of rotatable bonds is 8. The zero-order valence-corrected chi connectivity index (χ0v) is 10.8. The summed E-state index contributed by atoms with van der Waals surface area (Å²) in [5.41, 5.74) is 0. The fraction of sp³-hybridized carbons (Fsp3) is 0.667. The molecule has 0 aliphatic carbocycles. The predicted molar refractivity (Wildman–Crippen MR) is 67.4 cm³/mol. The zero-order valence-electron chi connectivity index (χ0n) is 10.8. The molecule has 0 amide bonds. The average molecular weight is 239 g/mol. The summed E-state index contributed by atoms with van der Waals surface area (Å²) in [6.07, 6.45) is 4.06. The molecule has 17 heavy (non-hydrogen) atoms. The monoisotopic (exact) mass is 239 g/mol. The first-order chi connectivity index (χ1) is 8.22.